The molecule has 1 aromatic carbocycles. The summed E-state index contributed by atoms with van der Waals surface area (Å²) < 4.78 is 0. The molecule has 0 radical (unpaired) electrons. The zero-order valence-corrected chi connectivity index (χ0v) is 13.2. The van der Waals surface area contributed by atoms with Gasteiger partial charge in [-0.2, -0.15) is 0 Å². The first kappa shape index (κ1) is 16.2. The van der Waals surface area contributed by atoms with Crippen molar-refractivity contribution in [3.8, 4) is 0 Å². The second kappa shape index (κ2) is 7.22. The number of nitrogens with zero attached hydrogens (tertiary/aromatic N) is 1. The van der Waals surface area contributed by atoms with Crippen LogP contribution in [0.2, 0.25) is 0 Å². The van der Waals surface area contributed by atoms with E-state index in [1.165, 1.54) is 0 Å². The number of hydrogen-bond donors (Lipinski definition) is 3. The second-order valence-corrected chi connectivity index (χ2v) is 5.68. The standard InChI is InChI=1S/C15H19N3O3S/c1-10-4-2-3-5-12(10)17-15(22)16-6-7-18-9-11(14(20)21)8-13(18)19/h2-5,11H,6-9H2,1H3,(H,20,21)(H2,16,17,22). The van der Waals surface area contributed by atoms with Crippen molar-refractivity contribution in [1.29, 1.82) is 0 Å². The zero-order chi connectivity index (χ0) is 16.1. The van der Waals surface area contributed by atoms with Gasteiger partial charge in [0.1, 0.15) is 0 Å². The van der Waals surface area contributed by atoms with Gasteiger partial charge in [0, 0.05) is 31.7 Å². The molecule has 118 valence electrons. The number of nitrogens with one attached hydrogen (secondary N) is 2. The molecule has 6 nitrogen and oxygen atoms in total. The number of carbonyl (C=O) groups is 2. The molecule has 0 bridgehead atoms. The molecule has 1 aliphatic heterocycles. The molecule has 7 heteroatoms. The zero-order valence-electron chi connectivity index (χ0n) is 12.3. The van der Waals surface area contributed by atoms with Crippen LogP contribution in [0.5, 0.6) is 0 Å². The normalized spacial score (nSPS) is 17.4. The predicted octanol–water partition coefficient (Wildman–Crippen LogP) is 1.21. The number of amides is 1. The molecule has 0 saturated carbocycles. The molecule has 1 aromatic rings. The highest BCUT2D eigenvalue weighted by Crippen LogP contribution is 2.17. The summed E-state index contributed by atoms with van der Waals surface area (Å²) in [5.41, 5.74) is 2.02. The van der Waals surface area contributed by atoms with Gasteiger partial charge >= 0.3 is 5.97 Å². The molecule has 1 heterocycles. The summed E-state index contributed by atoms with van der Waals surface area (Å²) >= 11 is 5.21. The maximum absolute atomic E-state index is 11.7. The number of aliphatic carboxylic acids is 1. The lowest BCUT2D eigenvalue weighted by atomic mass is 10.1. The lowest BCUT2D eigenvalue weighted by molar-refractivity contribution is -0.141. The van der Waals surface area contributed by atoms with E-state index in [2.05, 4.69) is 10.6 Å². The van der Waals surface area contributed by atoms with E-state index < -0.39 is 11.9 Å². The smallest absolute Gasteiger partial charge is 0.308 e. The highest BCUT2D eigenvalue weighted by atomic mass is 32.1. The predicted molar refractivity (Wildman–Crippen MR) is 87.7 cm³/mol. The summed E-state index contributed by atoms with van der Waals surface area (Å²) in [6, 6.07) is 7.80. The monoisotopic (exact) mass is 321 g/mol. The van der Waals surface area contributed by atoms with E-state index in [1.54, 1.807) is 4.90 Å². The number of thiocarbonyl (C=S) groups is 1. The summed E-state index contributed by atoms with van der Waals surface area (Å²) in [4.78, 5) is 24.1. The Labute approximate surface area is 134 Å². The number of para-hydroxylation sites is 1. The molecule has 0 aliphatic carbocycles. The van der Waals surface area contributed by atoms with E-state index in [1.807, 2.05) is 31.2 Å². The highest BCUT2D eigenvalue weighted by Gasteiger charge is 2.33. The number of carbonyl (C=O) groups excluding carboxylic acids is 1. The Morgan fingerprint density at radius 2 is 2.18 bits per heavy atom. The molecule has 1 aliphatic rings. The van der Waals surface area contributed by atoms with Crippen molar-refractivity contribution in [1.82, 2.24) is 10.2 Å². The van der Waals surface area contributed by atoms with Crippen LogP contribution in [0.3, 0.4) is 0 Å². The number of hydrogen-bond acceptors (Lipinski definition) is 3. The van der Waals surface area contributed by atoms with Crippen LogP contribution in [0.25, 0.3) is 0 Å². The summed E-state index contributed by atoms with van der Waals surface area (Å²) in [5, 5.41) is 15.5. The van der Waals surface area contributed by atoms with Crippen LogP contribution in [0.4, 0.5) is 5.69 Å². The van der Waals surface area contributed by atoms with E-state index in [0.29, 0.717) is 18.2 Å². The Balaban J connectivity index is 1.75. The molecule has 0 aromatic heterocycles. The molecular formula is C15H19N3O3S. The second-order valence-electron chi connectivity index (χ2n) is 5.27. The fraction of sp³-hybridized carbons (Fsp3) is 0.400. The molecule has 3 N–H and O–H groups in total. The molecule has 1 amide bonds. The Morgan fingerprint density at radius 1 is 1.45 bits per heavy atom. The SMILES string of the molecule is Cc1ccccc1NC(=S)NCCN1CC(C(=O)O)CC1=O. The van der Waals surface area contributed by atoms with E-state index >= 15 is 0 Å². The van der Waals surface area contributed by atoms with Gasteiger partial charge in [-0.1, -0.05) is 18.2 Å². The number of carboxylic acid groups (broad SMARTS) is 1. The van der Waals surface area contributed by atoms with Crippen LogP contribution in [0, 0.1) is 12.8 Å². The third-order valence-corrected chi connectivity index (χ3v) is 3.87. The van der Waals surface area contributed by atoms with Crippen molar-refractivity contribution < 1.29 is 14.7 Å². The average molecular weight is 321 g/mol. The van der Waals surface area contributed by atoms with Gasteiger partial charge in [-0.3, -0.25) is 9.59 Å². The van der Waals surface area contributed by atoms with Gasteiger partial charge in [-0.25, -0.2) is 0 Å². The van der Waals surface area contributed by atoms with E-state index in [9.17, 15) is 9.59 Å². The van der Waals surface area contributed by atoms with Crippen LogP contribution in [0.15, 0.2) is 24.3 Å². The van der Waals surface area contributed by atoms with Crippen LogP contribution >= 0.6 is 12.2 Å². The third kappa shape index (κ3) is 4.17. The lowest BCUT2D eigenvalue weighted by Gasteiger charge is -2.17. The van der Waals surface area contributed by atoms with Gasteiger partial charge in [-0.15, -0.1) is 0 Å². The van der Waals surface area contributed by atoms with Gasteiger partial charge in [0.15, 0.2) is 5.11 Å². The molecule has 1 unspecified atom stereocenters. The molecule has 1 fully saturated rings. The van der Waals surface area contributed by atoms with Gasteiger partial charge in [0.25, 0.3) is 0 Å². The Hall–Kier alpha value is -2.15. The van der Waals surface area contributed by atoms with Crippen molar-refractivity contribution in [2.45, 2.75) is 13.3 Å². The fourth-order valence-electron chi connectivity index (χ4n) is 2.34. The van der Waals surface area contributed by atoms with Gasteiger partial charge in [0.2, 0.25) is 5.91 Å². The molecule has 0 spiro atoms. The Kier molecular flexibility index (Phi) is 5.32. The number of carboxylic acids is 1. The van der Waals surface area contributed by atoms with Crippen molar-refractivity contribution in [3.63, 3.8) is 0 Å². The largest absolute Gasteiger partial charge is 0.481 e. The van der Waals surface area contributed by atoms with Gasteiger partial charge < -0.3 is 20.6 Å². The topological polar surface area (TPSA) is 81.7 Å². The number of aryl methyl sites for hydroxylation is 1. The Morgan fingerprint density at radius 3 is 2.82 bits per heavy atom. The van der Waals surface area contributed by atoms with Crippen molar-refractivity contribution >= 4 is 34.9 Å². The number of likely N-dealkylation sites (tertiary alicyclic amines) is 1. The summed E-state index contributed by atoms with van der Waals surface area (Å²) in [6.45, 7) is 3.18. The minimum Gasteiger partial charge on any atom is -0.481 e. The van der Waals surface area contributed by atoms with Crippen LogP contribution < -0.4 is 10.6 Å². The van der Waals surface area contributed by atoms with Gasteiger partial charge in [-0.05, 0) is 30.8 Å². The van der Waals surface area contributed by atoms with Crippen LogP contribution in [-0.2, 0) is 9.59 Å². The minimum absolute atomic E-state index is 0.0846. The van der Waals surface area contributed by atoms with Crippen LogP contribution in [0.1, 0.15) is 12.0 Å². The quantitative estimate of drug-likeness (QED) is 0.707. The number of rotatable bonds is 5. The summed E-state index contributed by atoms with van der Waals surface area (Å²) in [5.74, 6) is -1.63. The first-order valence-electron chi connectivity index (χ1n) is 7.08. The molecular weight excluding hydrogens is 302 g/mol. The highest BCUT2D eigenvalue weighted by molar-refractivity contribution is 7.80. The molecule has 1 saturated heterocycles. The van der Waals surface area contributed by atoms with Crippen LogP contribution in [-0.4, -0.2) is 46.6 Å². The average Bonchev–Trinajstić information content (AvgIpc) is 2.83. The first-order valence-corrected chi connectivity index (χ1v) is 7.49. The maximum Gasteiger partial charge on any atom is 0.308 e. The van der Waals surface area contributed by atoms with Crippen molar-refractivity contribution in [3.05, 3.63) is 29.8 Å². The molecule has 1 atom stereocenters. The third-order valence-electron chi connectivity index (χ3n) is 3.62. The fourth-order valence-corrected chi connectivity index (χ4v) is 2.55. The molecule has 2 rings (SSSR count). The van der Waals surface area contributed by atoms with Crippen molar-refractivity contribution in [2.75, 3.05) is 25.0 Å². The van der Waals surface area contributed by atoms with E-state index in [4.69, 9.17) is 17.3 Å². The van der Waals surface area contributed by atoms with E-state index in [-0.39, 0.29) is 18.9 Å². The Bertz CT molecular complexity index is 591. The number of anilines is 1. The number of benzene rings is 1. The summed E-state index contributed by atoms with van der Waals surface area (Å²) in [7, 11) is 0. The van der Waals surface area contributed by atoms with Crippen molar-refractivity contribution in [2.24, 2.45) is 5.92 Å². The maximum atomic E-state index is 11.7. The minimum atomic E-state index is -0.916. The summed E-state index contributed by atoms with van der Waals surface area (Å²) in [6.07, 6.45) is 0.0846. The first-order chi connectivity index (χ1) is 10.5. The molecule has 22 heavy (non-hydrogen) atoms. The lowest BCUT2D eigenvalue weighted by Crippen LogP contribution is -2.37. The van der Waals surface area contributed by atoms with E-state index in [0.717, 1.165) is 11.3 Å². The van der Waals surface area contributed by atoms with Gasteiger partial charge in [0.05, 0.1) is 5.92 Å².